The first-order chi connectivity index (χ1) is 8.11. The Morgan fingerprint density at radius 1 is 1.12 bits per heavy atom. The molecule has 0 atom stereocenters. The maximum atomic E-state index is 12.3. The number of hydrogen-bond donors (Lipinski definition) is 0. The zero-order valence-corrected chi connectivity index (χ0v) is 10.6. The molecule has 0 unspecified atom stereocenters. The molecule has 0 N–H and O–H groups in total. The third kappa shape index (κ3) is 2.33. The van der Waals surface area contributed by atoms with Gasteiger partial charge in [0.05, 0.1) is 10.0 Å². The topological polar surface area (TPSA) is 30.0 Å². The van der Waals surface area contributed by atoms with Gasteiger partial charge in [-0.25, -0.2) is 0 Å². The third-order valence-electron chi connectivity index (χ3n) is 2.45. The quantitative estimate of drug-likeness (QED) is 0.771. The Morgan fingerprint density at radius 2 is 1.82 bits per heavy atom. The van der Waals surface area contributed by atoms with Crippen LogP contribution >= 0.6 is 23.2 Å². The summed E-state index contributed by atoms with van der Waals surface area (Å²) in [4.78, 5) is 16.3. The molecule has 0 fully saturated rings. The fourth-order valence-electron chi connectivity index (χ4n) is 1.55. The van der Waals surface area contributed by atoms with E-state index in [-0.39, 0.29) is 10.8 Å². The predicted octanol–water partition coefficient (Wildman–Crippen LogP) is 3.93. The number of carbonyl (C=O) groups excluding carboxylic acids is 1. The van der Waals surface area contributed by atoms with Crippen LogP contribution in [-0.2, 0) is 0 Å². The van der Waals surface area contributed by atoms with Crippen molar-refractivity contribution in [2.75, 3.05) is 0 Å². The first-order valence-electron chi connectivity index (χ1n) is 5.01. The molecular formula is C13H9Cl2NO. The Morgan fingerprint density at radius 3 is 2.53 bits per heavy atom. The van der Waals surface area contributed by atoms with Crippen molar-refractivity contribution in [2.45, 2.75) is 6.92 Å². The highest BCUT2D eigenvalue weighted by atomic mass is 35.5. The average molecular weight is 266 g/mol. The second-order valence-electron chi connectivity index (χ2n) is 3.57. The molecule has 0 amide bonds. The highest BCUT2D eigenvalue weighted by Crippen LogP contribution is 2.27. The summed E-state index contributed by atoms with van der Waals surface area (Å²) in [6.45, 7) is 1.78. The number of hydrogen-bond acceptors (Lipinski definition) is 2. The molecule has 0 saturated heterocycles. The smallest absolute Gasteiger partial charge is 0.196 e. The van der Waals surface area contributed by atoms with E-state index in [0.717, 1.165) is 0 Å². The van der Waals surface area contributed by atoms with Gasteiger partial charge in [0.2, 0.25) is 0 Å². The number of rotatable bonds is 2. The molecule has 1 aromatic heterocycles. The van der Waals surface area contributed by atoms with Crippen LogP contribution in [0.25, 0.3) is 0 Å². The molecule has 2 aromatic rings. The number of halogens is 2. The fourth-order valence-corrected chi connectivity index (χ4v) is 1.93. The van der Waals surface area contributed by atoms with E-state index < -0.39 is 0 Å². The van der Waals surface area contributed by atoms with Crippen LogP contribution in [0.3, 0.4) is 0 Å². The Hall–Kier alpha value is -1.38. The third-order valence-corrected chi connectivity index (χ3v) is 3.27. The van der Waals surface area contributed by atoms with E-state index in [0.29, 0.717) is 21.8 Å². The van der Waals surface area contributed by atoms with Gasteiger partial charge < -0.3 is 0 Å². The number of aryl methyl sites for hydroxylation is 1. The first kappa shape index (κ1) is 12.1. The van der Waals surface area contributed by atoms with Gasteiger partial charge in [-0.05, 0) is 31.2 Å². The number of ketones is 1. The lowest BCUT2D eigenvalue weighted by Gasteiger charge is -2.06. The van der Waals surface area contributed by atoms with E-state index in [4.69, 9.17) is 23.2 Å². The minimum atomic E-state index is -0.164. The number of aromatic nitrogens is 1. The Labute approximate surface area is 109 Å². The van der Waals surface area contributed by atoms with Gasteiger partial charge in [0.25, 0.3) is 0 Å². The van der Waals surface area contributed by atoms with Crippen molar-refractivity contribution in [1.82, 2.24) is 4.98 Å². The minimum absolute atomic E-state index is 0.164. The predicted molar refractivity (Wildman–Crippen MR) is 68.9 cm³/mol. The monoisotopic (exact) mass is 265 g/mol. The van der Waals surface area contributed by atoms with E-state index in [1.165, 1.54) is 0 Å². The summed E-state index contributed by atoms with van der Waals surface area (Å²) >= 11 is 11.9. The van der Waals surface area contributed by atoms with Crippen LogP contribution in [0, 0.1) is 6.92 Å². The second-order valence-corrected chi connectivity index (χ2v) is 4.35. The van der Waals surface area contributed by atoms with Crippen LogP contribution in [0.4, 0.5) is 0 Å². The number of benzene rings is 1. The molecule has 0 radical (unpaired) electrons. The molecule has 2 nitrogen and oxygen atoms in total. The Balaban J connectivity index is 2.52. The van der Waals surface area contributed by atoms with Crippen LogP contribution in [0.15, 0.2) is 36.5 Å². The molecule has 0 aliphatic heterocycles. The molecule has 1 heterocycles. The average Bonchev–Trinajstić information content (AvgIpc) is 2.32. The first-order valence-corrected chi connectivity index (χ1v) is 5.77. The molecule has 0 bridgehead atoms. The van der Waals surface area contributed by atoms with E-state index in [1.807, 2.05) is 0 Å². The molecule has 0 saturated carbocycles. The van der Waals surface area contributed by atoms with E-state index >= 15 is 0 Å². The molecule has 0 spiro atoms. The summed E-state index contributed by atoms with van der Waals surface area (Å²) in [5.41, 5.74) is 1.61. The number of nitrogens with zero attached hydrogens (tertiary/aromatic N) is 1. The van der Waals surface area contributed by atoms with Gasteiger partial charge in [0, 0.05) is 23.0 Å². The summed E-state index contributed by atoms with van der Waals surface area (Å²) in [6, 6.07) is 8.45. The molecule has 0 aliphatic carbocycles. The van der Waals surface area contributed by atoms with Crippen molar-refractivity contribution in [3.05, 3.63) is 63.4 Å². The van der Waals surface area contributed by atoms with Gasteiger partial charge in [-0.2, -0.15) is 0 Å². The lowest BCUT2D eigenvalue weighted by atomic mass is 10.0. The molecule has 1 aromatic carbocycles. The molecule has 2 rings (SSSR count). The van der Waals surface area contributed by atoms with Gasteiger partial charge in [-0.15, -0.1) is 0 Å². The number of pyridine rings is 1. The second kappa shape index (κ2) is 4.86. The zero-order chi connectivity index (χ0) is 12.4. The van der Waals surface area contributed by atoms with Gasteiger partial charge in [-0.1, -0.05) is 29.3 Å². The van der Waals surface area contributed by atoms with Gasteiger partial charge in [0.15, 0.2) is 5.78 Å². The van der Waals surface area contributed by atoms with Crippen LogP contribution in [-0.4, -0.2) is 10.8 Å². The zero-order valence-electron chi connectivity index (χ0n) is 9.08. The van der Waals surface area contributed by atoms with Crippen LogP contribution in [0.2, 0.25) is 10.0 Å². The highest BCUT2D eigenvalue weighted by Gasteiger charge is 2.16. The standard InChI is InChI=1S/C13H9Cl2NO/c1-8-9(5-3-7-16-8)13(17)10-4-2-6-11(14)12(10)15/h2-7H,1H3. The molecule has 4 heteroatoms. The van der Waals surface area contributed by atoms with E-state index in [1.54, 1.807) is 43.5 Å². The molecular weight excluding hydrogens is 257 g/mol. The van der Waals surface area contributed by atoms with Gasteiger partial charge in [0.1, 0.15) is 0 Å². The summed E-state index contributed by atoms with van der Waals surface area (Å²) in [5.74, 6) is -0.164. The Kier molecular flexibility index (Phi) is 3.46. The summed E-state index contributed by atoms with van der Waals surface area (Å²) in [7, 11) is 0. The van der Waals surface area contributed by atoms with Crippen LogP contribution < -0.4 is 0 Å². The van der Waals surface area contributed by atoms with Crippen LogP contribution in [0.1, 0.15) is 21.6 Å². The van der Waals surface area contributed by atoms with Crippen molar-refractivity contribution in [2.24, 2.45) is 0 Å². The van der Waals surface area contributed by atoms with E-state index in [9.17, 15) is 4.79 Å². The summed E-state index contributed by atoms with van der Waals surface area (Å²) in [6.07, 6.45) is 1.64. The maximum absolute atomic E-state index is 12.3. The summed E-state index contributed by atoms with van der Waals surface area (Å²) < 4.78 is 0. The highest BCUT2D eigenvalue weighted by molar-refractivity contribution is 6.44. The van der Waals surface area contributed by atoms with Crippen molar-refractivity contribution in [3.63, 3.8) is 0 Å². The van der Waals surface area contributed by atoms with Gasteiger partial charge >= 0.3 is 0 Å². The molecule has 86 valence electrons. The van der Waals surface area contributed by atoms with Crippen molar-refractivity contribution >= 4 is 29.0 Å². The molecule has 17 heavy (non-hydrogen) atoms. The largest absolute Gasteiger partial charge is 0.288 e. The SMILES string of the molecule is Cc1ncccc1C(=O)c1cccc(Cl)c1Cl. The lowest BCUT2D eigenvalue weighted by molar-refractivity contribution is 0.103. The number of carbonyl (C=O) groups is 1. The van der Waals surface area contributed by atoms with Crippen molar-refractivity contribution < 1.29 is 4.79 Å². The van der Waals surface area contributed by atoms with E-state index in [2.05, 4.69) is 4.98 Å². The van der Waals surface area contributed by atoms with Crippen molar-refractivity contribution in [3.8, 4) is 0 Å². The Bertz CT molecular complexity index is 581. The minimum Gasteiger partial charge on any atom is -0.288 e. The summed E-state index contributed by atoms with van der Waals surface area (Å²) in [5, 5.41) is 0.654. The lowest BCUT2D eigenvalue weighted by Crippen LogP contribution is -2.05. The normalized spacial score (nSPS) is 10.3. The van der Waals surface area contributed by atoms with Crippen molar-refractivity contribution in [1.29, 1.82) is 0 Å². The molecule has 0 aliphatic rings. The van der Waals surface area contributed by atoms with Gasteiger partial charge in [-0.3, -0.25) is 9.78 Å². The fraction of sp³-hybridized carbons (Fsp3) is 0.0769. The maximum Gasteiger partial charge on any atom is 0.196 e. The van der Waals surface area contributed by atoms with Crippen LogP contribution in [0.5, 0.6) is 0 Å².